The average Bonchev–Trinajstić information content (AvgIpc) is 2.61. The minimum absolute atomic E-state index is 0.236. The van der Waals surface area contributed by atoms with Crippen LogP contribution in [0, 0.1) is 24.1 Å². The molecule has 15 heavy (non-hydrogen) atoms. The summed E-state index contributed by atoms with van der Waals surface area (Å²) in [7, 11) is 0. The largest absolute Gasteiger partial charge is 0.257 e. The molecule has 0 amide bonds. The molecule has 0 atom stereocenters. The molecule has 1 aliphatic rings. The molecule has 0 fully saturated rings. The Kier molecular flexibility index (Phi) is 2.32. The summed E-state index contributed by atoms with van der Waals surface area (Å²) in [5, 5.41) is 0. The SMILES string of the molecule is C#Cc1cc(F)c2c(c1)N=C(C(C)C)C2. The first-order valence-electron chi connectivity index (χ1n) is 4.98. The molecule has 0 saturated carbocycles. The van der Waals surface area contributed by atoms with Gasteiger partial charge in [-0.1, -0.05) is 19.8 Å². The molecular formula is C13H12FN. The van der Waals surface area contributed by atoms with Crippen molar-refractivity contribution < 1.29 is 4.39 Å². The van der Waals surface area contributed by atoms with Crippen molar-refractivity contribution in [3.05, 3.63) is 29.1 Å². The minimum Gasteiger partial charge on any atom is -0.257 e. The highest BCUT2D eigenvalue weighted by atomic mass is 19.1. The van der Waals surface area contributed by atoms with Crippen LogP contribution < -0.4 is 0 Å². The van der Waals surface area contributed by atoms with Gasteiger partial charge in [0.15, 0.2) is 0 Å². The number of terminal acetylenes is 1. The number of fused-ring (bicyclic) bond motifs is 1. The predicted molar refractivity (Wildman–Crippen MR) is 60.0 cm³/mol. The normalized spacial score (nSPS) is 13.7. The Bertz CT molecular complexity index is 478. The van der Waals surface area contributed by atoms with Crippen molar-refractivity contribution in [1.82, 2.24) is 0 Å². The molecule has 0 saturated heterocycles. The Morgan fingerprint density at radius 3 is 2.80 bits per heavy atom. The van der Waals surface area contributed by atoms with E-state index in [0.29, 0.717) is 29.2 Å². The van der Waals surface area contributed by atoms with Gasteiger partial charge in [0, 0.05) is 23.3 Å². The van der Waals surface area contributed by atoms with E-state index >= 15 is 0 Å². The number of rotatable bonds is 1. The van der Waals surface area contributed by atoms with E-state index in [0.717, 1.165) is 5.71 Å². The number of nitrogens with zero attached hydrogens (tertiary/aromatic N) is 1. The van der Waals surface area contributed by atoms with Crippen LogP contribution in [0.4, 0.5) is 10.1 Å². The second kappa shape index (κ2) is 3.51. The van der Waals surface area contributed by atoms with Gasteiger partial charge in [0.25, 0.3) is 0 Å². The Labute approximate surface area is 89.0 Å². The molecule has 0 radical (unpaired) electrons. The maximum Gasteiger partial charge on any atom is 0.130 e. The van der Waals surface area contributed by atoms with Crippen LogP contribution in [-0.2, 0) is 6.42 Å². The van der Waals surface area contributed by atoms with Crippen molar-refractivity contribution in [3.8, 4) is 12.3 Å². The number of hydrogen-bond donors (Lipinski definition) is 0. The molecule has 0 spiro atoms. The van der Waals surface area contributed by atoms with Crippen LogP contribution >= 0.6 is 0 Å². The molecule has 76 valence electrons. The predicted octanol–water partition coefficient (Wildman–Crippen LogP) is 3.09. The van der Waals surface area contributed by atoms with Crippen LogP contribution in [-0.4, -0.2) is 5.71 Å². The van der Waals surface area contributed by atoms with E-state index in [1.165, 1.54) is 6.07 Å². The smallest absolute Gasteiger partial charge is 0.130 e. The van der Waals surface area contributed by atoms with Crippen molar-refractivity contribution in [2.75, 3.05) is 0 Å². The summed E-state index contributed by atoms with van der Waals surface area (Å²) < 4.78 is 13.6. The van der Waals surface area contributed by atoms with E-state index in [2.05, 4.69) is 24.8 Å². The number of hydrogen-bond acceptors (Lipinski definition) is 1. The van der Waals surface area contributed by atoms with Gasteiger partial charge in [-0.2, -0.15) is 0 Å². The Balaban J connectivity index is 2.49. The summed E-state index contributed by atoms with van der Waals surface area (Å²) in [6.45, 7) is 4.12. The Morgan fingerprint density at radius 1 is 1.47 bits per heavy atom. The highest BCUT2D eigenvalue weighted by molar-refractivity contribution is 5.95. The summed E-state index contributed by atoms with van der Waals surface area (Å²) in [6, 6.07) is 3.17. The summed E-state index contributed by atoms with van der Waals surface area (Å²) in [5.74, 6) is 2.55. The van der Waals surface area contributed by atoms with Crippen LogP contribution in [0.1, 0.15) is 25.0 Å². The van der Waals surface area contributed by atoms with Crippen molar-refractivity contribution in [2.24, 2.45) is 10.9 Å². The molecule has 0 bridgehead atoms. The number of aliphatic imine (C=N–C) groups is 1. The molecule has 1 aliphatic heterocycles. The molecule has 1 nitrogen and oxygen atoms in total. The van der Waals surface area contributed by atoms with Crippen molar-refractivity contribution >= 4 is 11.4 Å². The lowest BCUT2D eigenvalue weighted by atomic mass is 10.0. The highest BCUT2D eigenvalue weighted by Crippen LogP contribution is 2.31. The van der Waals surface area contributed by atoms with Crippen molar-refractivity contribution in [3.63, 3.8) is 0 Å². The fourth-order valence-corrected chi connectivity index (χ4v) is 1.69. The quantitative estimate of drug-likeness (QED) is 0.619. The number of halogens is 1. The molecule has 1 aromatic carbocycles. The van der Waals surface area contributed by atoms with E-state index in [1.54, 1.807) is 6.07 Å². The topological polar surface area (TPSA) is 12.4 Å². The fraction of sp³-hybridized carbons (Fsp3) is 0.308. The zero-order chi connectivity index (χ0) is 11.0. The fourth-order valence-electron chi connectivity index (χ4n) is 1.69. The third-order valence-corrected chi connectivity index (χ3v) is 2.63. The van der Waals surface area contributed by atoms with Gasteiger partial charge in [-0.25, -0.2) is 4.39 Å². The molecule has 2 rings (SSSR count). The highest BCUT2D eigenvalue weighted by Gasteiger charge is 2.20. The van der Waals surface area contributed by atoms with Gasteiger partial charge >= 0.3 is 0 Å². The summed E-state index contributed by atoms with van der Waals surface area (Å²) in [4.78, 5) is 4.40. The first-order chi connectivity index (χ1) is 7.11. The second-order valence-corrected chi connectivity index (χ2v) is 4.03. The van der Waals surface area contributed by atoms with Gasteiger partial charge < -0.3 is 0 Å². The first-order valence-corrected chi connectivity index (χ1v) is 4.98. The van der Waals surface area contributed by atoms with Gasteiger partial charge in [-0.15, -0.1) is 6.42 Å². The minimum atomic E-state index is -0.236. The second-order valence-electron chi connectivity index (χ2n) is 4.03. The maximum absolute atomic E-state index is 13.6. The summed E-state index contributed by atoms with van der Waals surface area (Å²) in [5.41, 5.74) is 2.96. The van der Waals surface area contributed by atoms with Gasteiger partial charge in [0.2, 0.25) is 0 Å². The van der Waals surface area contributed by atoms with E-state index in [1.807, 2.05) is 0 Å². The monoisotopic (exact) mass is 201 g/mol. The van der Waals surface area contributed by atoms with Gasteiger partial charge in [0.1, 0.15) is 5.82 Å². The summed E-state index contributed by atoms with van der Waals surface area (Å²) >= 11 is 0. The van der Waals surface area contributed by atoms with Crippen LogP contribution in [0.2, 0.25) is 0 Å². The van der Waals surface area contributed by atoms with E-state index in [-0.39, 0.29) is 5.82 Å². The van der Waals surface area contributed by atoms with Crippen molar-refractivity contribution in [2.45, 2.75) is 20.3 Å². The third kappa shape index (κ3) is 1.66. The zero-order valence-corrected chi connectivity index (χ0v) is 8.84. The maximum atomic E-state index is 13.6. The molecule has 1 heterocycles. The van der Waals surface area contributed by atoms with Gasteiger partial charge in [-0.3, -0.25) is 4.99 Å². The molecule has 0 aliphatic carbocycles. The van der Waals surface area contributed by atoms with Crippen LogP contribution in [0.15, 0.2) is 17.1 Å². The van der Waals surface area contributed by atoms with Gasteiger partial charge in [-0.05, 0) is 18.1 Å². The van der Waals surface area contributed by atoms with Crippen molar-refractivity contribution in [1.29, 1.82) is 0 Å². The summed E-state index contributed by atoms with van der Waals surface area (Å²) in [6.07, 6.45) is 5.86. The molecule has 1 aromatic rings. The lowest BCUT2D eigenvalue weighted by Gasteiger charge is -2.02. The van der Waals surface area contributed by atoms with Crippen LogP contribution in [0.3, 0.4) is 0 Å². The average molecular weight is 201 g/mol. The lowest BCUT2D eigenvalue weighted by Crippen LogP contribution is -2.07. The molecule has 0 unspecified atom stereocenters. The molecule has 2 heteroatoms. The number of benzene rings is 1. The molecule has 0 N–H and O–H groups in total. The van der Waals surface area contributed by atoms with Crippen LogP contribution in [0.5, 0.6) is 0 Å². The Morgan fingerprint density at radius 2 is 2.20 bits per heavy atom. The standard InChI is InChI=1S/C13H12FN/c1-4-9-5-11(14)10-7-12(8(2)3)15-13(10)6-9/h1,5-6,8H,7H2,2-3H3. The zero-order valence-electron chi connectivity index (χ0n) is 8.84. The van der Waals surface area contributed by atoms with E-state index < -0.39 is 0 Å². The Hall–Kier alpha value is -1.62. The third-order valence-electron chi connectivity index (χ3n) is 2.63. The molecular weight excluding hydrogens is 189 g/mol. The van der Waals surface area contributed by atoms with E-state index in [4.69, 9.17) is 6.42 Å². The van der Waals surface area contributed by atoms with E-state index in [9.17, 15) is 4.39 Å². The van der Waals surface area contributed by atoms with Crippen LogP contribution in [0.25, 0.3) is 0 Å². The lowest BCUT2D eigenvalue weighted by molar-refractivity contribution is 0.617. The first kappa shape index (κ1) is 9.92. The molecule has 0 aromatic heterocycles. The van der Waals surface area contributed by atoms with Gasteiger partial charge in [0.05, 0.1) is 5.69 Å².